The lowest BCUT2D eigenvalue weighted by molar-refractivity contribution is -0.114. The average Bonchev–Trinajstić information content (AvgIpc) is 2.96. The minimum absolute atomic E-state index is 0.0514. The van der Waals surface area contributed by atoms with Gasteiger partial charge in [-0.3, -0.25) is 19.3 Å². The van der Waals surface area contributed by atoms with Crippen molar-refractivity contribution in [3.8, 4) is 11.5 Å². The molecule has 0 aromatic heterocycles. The summed E-state index contributed by atoms with van der Waals surface area (Å²) in [6, 6.07) is 5.53. The van der Waals surface area contributed by atoms with Gasteiger partial charge in [-0.15, -0.1) is 0 Å². The van der Waals surface area contributed by atoms with E-state index in [1.807, 2.05) is 0 Å². The van der Waals surface area contributed by atoms with Gasteiger partial charge < -0.3 is 14.8 Å². The van der Waals surface area contributed by atoms with Crippen molar-refractivity contribution in [2.24, 2.45) is 0 Å². The van der Waals surface area contributed by atoms with Gasteiger partial charge in [0, 0.05) is 13.2 Å². The molecule has 9 nitrogen and oxygen atoms in total. The standard InChI is InChI=1S/C22H24N2O7S/c1-5-31-19-11-14(9-10-18(19)30-3)17(12-32(4,28)29)24-21(26)15-7-6-8-16(23-13(2)25)20(15)22(24)27/h6-11,17H,5,12H2,1-4H3,(H,23,25)/t17-/m1/s1/i5D2,17D. The van der Waals surface area contributed by atoms with Crippen LogP contribution in [-0.4, -0.2) is 56.7 Å². The van der Waals surface area contributed by atoms with Crippen molar-refractivity contribution in [1.82, 2.24) is 4.90 Å². The zero-order chi connectivity index (χ0) is 26.3. The van der Waals surface area contributed by atoms with Gasteiger partial charge in [-0.25, -0.2) is 8.42 Å². The number of hydrogen-bond acceptors (Lipinski definition) is 7. The number of methoxy groups -OCH3 is 1. The summed E-state index contributed by atoms with van der Waals surface area (Å²) in [7, 11) is -2.63. The molecule has 0 bridgehead atoms. The lowest BCUT2D eigenvalue weighted by Crippen LogP contribution is -2.37. The number of imide groups is 1. The van der Waals surface area contributed by atoms with E-state index in [1.54, 1.807) is 0 Å². The Labute approximate surface area is 190 Å². The number of sulfone groups is 1. The first-order valence-electron chi connectivity index (χ1n) is 10.9. The van der Waals surface area contributed by atoms with Gasteiger partial charge in [-0.1, -0.05) is 12.1 Å². The highest BCUT2D eigenvalue weighted by molar-refractivity contribution is 7.90. The molecule has 0 radical (unpaired) electrons. The molecule has 1 heterocycles. The van der Waals surface area contributed by atoms with Crippen molar-refractivity contribution in [2.45, 2.75) is 19.9 Å². The predicted octanol–water partition coefficient (Wildman–Crippen LogP) is 2.43. The molecule has 3 rings (SSSR count). The predicted molar refractivity (Wildman–Crippen MR) is 118 cm³/mol. The van der Waals surface area contributed by atoms with Gasteiger partial charge in [0.05, 0.1) is 46.4 Å². The number of hydrogen-bond donors (Lipinski definition) is 1. The number of nitrogens with one attached hydrogen (secondary N) is 1. The van der Waals surface area contributed by atoms with E-state index in [-0.39, 0.29) is 33.9 Å². The Kier molecular flexibility index (Phi) is 5.42. The topological polar surface area (TPSA) is 119 Å². The summed E-state index contributed by atoms with van der Waals surface area (Å²) < 4.78 is 59.7. The summed E-state index contributed by atoms with van der Waals surface area (Å²) in [6.45, 7) is 0.204. The zero-order valence-corrected chi connectivity index (χ0v) is 18.7. The molecule has 1 aliphatic heterocycles. The van der Waals surface area contributed by atoms with Crippen LogP contribution in [-0.2, 0) is 14.6 Å². The van der Waals surface area contributed by atoms with E-state index in [1.165, 1.54) is 44.4 Å². The van der Waals surface area contributed by atoms with E-state index >= 15 is 0 Å². The summed E-state index contributed by atoms with van der Waals surface area (Å²) in [5, 5.41) is 2.47. The first-order valence-corrected chi connectivity index (χ1v) is 11.5. The quantitative estimate of drug-likeness (QED) is 0.597. The van der Waals surface area contributed by atoms with Gasteiger partial charge in [0.1, 0.15) is 9.84 Å². The van der Waals surface area contributed by atoms with Crippen molar-refractivity contribution in [3.05, 3.63) is 53.1 Å². The van der Waals surface area contributed by atoms with Crippen molar-refractivity contribution in [2.75, 3.05) is 31.0 Å². The molecule has 170 valence electrons. The van der Waals surface area contributed by atoms with Gasteiger partial charge in [0.15, 0.2) is 11.5 Å². The maximum Gasteiger partial charge on any atom is 0.264 e. The Bertz CT molecular complexity index is 1320. The molecule has 2 aromatic carbocycles. The lowest BCUT2D eigenvalue weighted by Gasteiger charge is -2.27. The number of carbonyl (C=O) groups excluding carboxylic acids is 3. The molecule has 32 heavy (non-hydrogen) atoms. The fourth-order valence-electron chi connectivity index (χ4n) is 3.40. The highest BCUT2D eigenvalue weighted by atomic mass is 32.2. The first kappa shape index (κ1) is 19.3. The molecule has 1 aliphatic rings. The minimum atomic E-state index is -3.94. The van der Waals surface area contributed by atoms with Crippen LogP contribution in [0.5, 0.6) is 11.5 Å². The lowest BCUT2D eigenvalue weighted by atomic mass is 10.1. The molecule has 0 aliphatic carbocycles. The van der Waals surface area contributed by atoms with Crippen molar-refractivity contribution in [3.63, 3.8) is 0 Å². The van der Waals surface area contributed by atoms with Crippen LogP contribution in [0.15, 0.2) is 36.4 Å². The van der Waals surface area contributed by atoms with Crippen molar-refractivity contribution >= 4 is 33.2 Å². The Morgan fingerprint density at radius 1 is 1.22 bits per heavy atom. The van der Waals surface area contributed by atoms with Gasteiger partial charge in [0.2, 0.25) is 5.91 Å². The number of benzene rings is 2. The van der Waals surface area contributed by atoms with Crippen molar-refractivity contribution in [1.29, 1.82) is 0 Å². The summed E-state index contributed by atoms with van der Waals surface area (Å²) in [5.74, 6) is -3.38. The number of amides is 3. The van der Waals surface area contributed by atoms with Crippen LogP contribution in [0.4, 0.5) is 5.69 Å². The summed E-state index contributed by atoms with van der Waals surface area (Å²) in [5.41, 5.74) is -0.331. The Balaban J connectivity index is 2.22. The fourth-order valence-corrected chi connectivity index (χ4v) is 4.19. The van der Waals surface area contributed by atoms with E-state index in [9.17, 15) is 22.8 Å². The third kappa shape index (κ3) is 4.59. The molecule has 2 aromatic rings. The highest BCUT2D eigenvalue weighted by Crippen LogP contribution is 2.38. The number of rotatable bonds is 8. The summed E-state index contributed by atoms with van der Waals surface area (Å²) >= 11 is 0. The molecule has 0 fully saturated rings. The molecule has 0 spiro atoms. The zero-order valence-electron chi connectivity index (χ0n) is 20.9. The number of fused-ring (bicyclic) bond motifs is 1. The van der Waals surface area contributed by atoms with Crippen LogP contribution in [0.3, 0.4) is 0 Å². The van der Waals surface area contributed by atoms with E-state index in [4.69, 9.17) is 13.6 Å². The molecule has 1 N–H and O–H groups in total. The van der Waals surface area contributed by atoms with Crippen LogP contribution in [0.1, 0.15) is 50.3 Å². The minimum Gasteiger partial charge on any atom is -0.493 e. The smallest absolute Gasteiger partial charge is 0.264 e. The van der Waals surface area contributed by atoms with E-state index in [2.05, 4.69) is 5.32 Å². The molecule has 0 saturated carbocycles. The molecule has 3 amide bonds. The number of nitrogens with zero attached hydrogens (tertiary/aromatic N) is 1. The van der Waals surface area contributed by atoms with Crippen LogP contribution >= 0.6 is 0 Å². The van der Waals surface area contributed by atoms with Crippen molar-refractivity contribution < 1.29 is 36.4 Å². The van der Waals surface area contributed by atoms with Gasteiger partial charge in [-0.05, 0) is 36.8 Å². The average molecular weight is 464 g/mol. The number of ether oxygens (including phenoxy) is 2. The molecule has 1 atom stereocenters. The van der Waals surface area contributed by atoms with Gasteiger partial charge in [0.25, 0.3) is 11.8 Å². The maximum absolute atomic E-state index is 13.5. The third-order valence-electron chi connectivity index (χ3n) is 4.60. The molecule has 0 unspecified atom stereocenters. The Morgan fingerprint density at radius 2 is 1.94 bits per heavy atom. The molecular weight excluding hydrogens is 436 g/mol. The second-order valence-corrected chi connectivity index (χ2v) is 9.18. The summed E-state index contributed by atoms with van der Waals surface area (Å²) in [4.78, 5) is 39.0. The fraction of sp³-hybridized carbons (Fsp3) is 0.318. The number of carbonyl (C=O) groups is 3. The van der Waals surface area contributed by atoms with Gasteiger partial charge in [-0.2, -0.15) is 0 Å². The van der Waals surface area contributed by atoms with E-state index in [0.29, 0.717) is 4.90 Å². The van der Waals surface area contributed by atoms with E-state index < -0.39 is 45.9 Å². The Morgan fingerprint density at radius 3 is 2.53 bits per heavy atom. The monoisotopic (exact) mass is 463 g/mol. The first-order chi connectivity index (χ1) is 16.1. The van der Waals surface area contributed by atoms with Crippen LogP contribution in [0.2, 0.25) is 0 Å². The number of anilines is 1. The Hall–Kier alpha value is -3.40. The third-order valence-corrected chi connectivity index (χ3v) is 5.40. The second kappa shape index (κ2) is 8.99. The van der Waals surface area contributed by atoms with Gasteiger partial charge >= 0.3 is 0 Å². The highest BCUT2D eigenvalue weighted by Gasteiger charge is 2.43. The largest absolute Gasteiger partial charge is 0.493 e. The van der Waals surface area contributed by atoms with Crippen LogP contribution < -0.4 is 14.8 Å². The maximum atomic E-state index is 13.5. The van der Waals surface area contributed by atoms with Crippen LogP contribution in [0.25, 0.3) is 0 Å². The van der Waals surface area contributed by atoms with E-state index in [0.717, 1.165) is 19.2 Å². The molecule has 0 saturated heterocycles. The van der Waals surface area contributed by atoms with Crippen LogP contribution in [0, 0.1) is 0 Å². The SMILES string of the molecule is [2H]C([2H])(C)Oc1cc([C@@]([2H])(CS(C)(=O)=O)N2C(=O)c3cccc(NC(C)=O)c3C2=O)ccc1OC. The molecule has 10 heteroatoms. The molecular formula is C22H24N2O7S. The normalized spacial score (nSPS) is 17.0. The summed E-state index contributed by atoms with van der Waals surface area (Å²) in [6.07, 6.45) is 0.864. The second-order valence-electron chi connectivity index (χ2n) is 7.04.